The number of rotatable bonds is 5. The van der Waals surface area contributed by atoms with Gasteiger partial charge in [0.1, 0.15) is 0 Å². The number of carbonyl (C=O) groups excluding carboxylic acids is 1. The van der Waals surface area contributed by atoms with E-state index in [2.05, 4.69) is 20.8 Å². The van der Waals surface area contributed by atoms with Crippen LogP contribution in [0.4, 0.5) is 5.69 Å². The molecule has 1 amide bonds. The van der Waals surface area contributed by atoms with Crippen molar-refractivity contribution in [3.8, 4) is 5.69 Å². The highest BCUT2D eigenvalue weighted by Crippen LogP contribution is 2.21. The van der Waals surface area contributed by atoms with Gasteiger partial charge >= 0.3 is 0 Å². The topological polar surface area (TPSA) is 72.7 Å². The van der Waals surface area contributed by atoms with Gasteiger partial charge < -0.3 is 5.32 Å². The summed E-state index contributed by atoms with van der Waals surface area (Å²) in [6, 6.07) is 13.1. The lowest BCUT2D eigenvalue weighted by Crippen LogP contribution is -2.15. The third kappa shape index (κ3) is 4.37. The van der Waals surface area contributed by atoms with E-state index in [1.807, 2.05) is 44.2 Å². The molecular weight excluding hydrogens is 358 g/mol. The average Bonchev–Trinajstić information content (AvgIpc) is 3.05. The Bertz CT molecular complexity index is 894. The van der Waals surface area contributed by atoms with E-state index in [1.54, 1.807) is 16.8 Å². The minimum atomic E-state index is -0.107. The number of benzene rings is 2. The zero-order chi connectivity index (χ0) is 17.8. The Balaban J connectivity index is 1.66. The summed E-state index contributed by atoms with van der Waals surface area (Å²) < 4.78 is 1.58. The van der Waals surface area contributed by atoms with Crippen LogP contribution in [0.5, 0.6) is 0 Å². The first kappa shape index (κ1) is 17.4. The Morgan fingerprint density at radius 1 is 1.20 bits per heavy atom. The second-order valence-corrected chi connectivity index (χ2v) is 6.88. The average molecular weight is 374 g/mol. The quantitative estimate of drug-likeness (QED) is 0.691. The predicted molar refractivity (Wildman–Crippen MR) is 99.4 cm³/mol. The first-order chi connectivity index (χ1) is 12.0. The van der Waals surface area contributed by atoms with Gasteiger partial charge in [0.25, 0.3) is 0 Å². The van der Waals surface area contributed by atoms with Crippen molar-refractivity contribution in [1.29, 1.82) is 0 Å². The molecule has 0 aliphatic rings. The fraction of sp³-hybridized carbons (Fsp3) is 0.176. The Kier molecular flexibility index (Phi) is 5.35. The molecule has 6 nitrogen and oxygen atoms in total. The van der Waals surface area contributed by atoms with Crippen molar-refractivity contribution in [2.75, 3.05) is 11.1 Å². The smallest absolute Gasteiger partial charge is 0.234 e. The van der Waals surface area contributed by atoms with Gasteiger partial charge in [-0.05, 0) is 65.7 Å². The van der Waals surface area contributed by atoms with Crippen LogP contribution in [0.25, 0.3) is 5.69 Å². The van der Waals surface area contributed by atoms with Gasteiger partial charge in [-0.15, -0.1) is 5.10 Å². The van der Waals surface area contributed by atoms with Crippen molar-refractivity contribution in [2.24, 2.45) is 0 Å². The Hall–Kier alpha value is -2.38. The minimum Gasteiger partial charge on any atom is -0.325 e. The summed E-state index contributed by atoms with van der Waals surface area (Å²) in [5.74, 6) is 0.103. The van der Waals surface area contributed by atoms with Crippen LogP contribution in [0.3, 0.4) is 0 Å². The monoisotopic (exact) mass is 373 g/mol. The SMILES string of the molecule is Cc1ccc(C)c(NC(=O)CSc2nnnn2-c2ccc(Cl)cc2)c1. The first-order valence-corrected chi connectivity index (χ1v) is 8.93. The molecule has 1 heterocycles. The number of tetrazole rings is 1. The number of carbonyl (C=O) groups is 1. The normalized spacial score (nSPS) is 10.7. The van der Waals surface area contributed by atoms with Crippen LogP contribution in [0.1, 0.15) is 11.1 Å². The highest BCUT2D eigenvalue weighted by atomic mass is 35.5. The molecule has 3 aromatic rings. The van der Waals surface area contributed by atoms with E-state index in [9.17, 15) is 4.79 Å². The summed E-state index contributed by atoms with van der Waals surface area (Å²) in [7, 11) is 0. The molecule has 0 unspecified atom stereocenters. The lowest BCUT2D eigenvalue weighted by atomic mass is 10.1. The predicted octanol–water partition coefficient (Wildman–Crippen LogP) is 3.66. The Morgan fingerprint density at radius 2 is 1.96 bits per heavy atom. The number of hydrogen-bond acceptors (Lipinski definition) is 5. The molecule has 25 heavy (non-hydrogen) atoms. The van der Waals surface area contributed by atoms with Gasteiger partial charge in [-0.25, -0.2) is 0 Å². The standard InChI is InChI=1S/C17H16ClN5OS/c1-11-3-4-12(2)15(9-11)19-16(24)10-25-17-20-21-22-23(17)14-7-5-13(18)6-8-14/h3-9H,10H2,1-2H3,(H,19,24). The van der Waals surface area contributed by atoms with Gasteiger partial charge in [0, 0.05) is 10.7 Å². The summed E-state index contributed by atoms with van der Waals surface area (Å²) >= 11 is 7.17. The van der Waals surface area contributed by atoms with E-state index < -0.39 is 0 Å². The molecule has 0 saturated carbocycles. The van der Waals surface area contributed by atoms with E-state index in [1.165, 1.54) is 11.8 Å². The molecular formula is C17H16ClN5OS. The van der Waals surface area contributed by atoms with Crippen molar-refractivity contribution in [2.45, 2.75) is 19.0 Å². The molecule has 0 atom stereocenters. The highest BCUT2D eigenvalue weighted by Gasteiger charge is 2.12. The van der Waals surface area contributed by atoms with E-state index >= 15 is 0 Å². The maximum Gasteiger partial charge on any atom is 0.234 e. The molecule has 0 spiro atoms. The zero-order valence-corrected chi connectivity index (χ0v) is 15.3. The number of nitrogens with one attached hydrogen (secondary N) is 1. The van der Waals surface area contributed by atoms with Gasteiger partial charge in [0.15, 0.2) is 0 Å². The van der Waals surface area contributed by atoms with Gasteiger partial charge in [0.2, 0.25) is 11.1 Å². The minimum absolute atomic E-state index is 0.107. The highest BCUT2D eigenvalue weighted by molar-refractivity contribution is 7.99. The van der Waals surface area contributed by atoms with Crippen molar-refractivity contribution < 1.29 is 4.79 Å². The second kappa shape index (κ2) is 7.67. The molecule has 1 N–H and O–H groups in total. The van der Waals surface area contributed by atoms with Gasteiger partial charge in [-0.2, -0.15) is 4.68 Å². The third-order valence-corrected chi connectivity index (χ3v) is 4.68. The summed E-state index contributed by atoms with van der Waals surface area (Å²) in [6.45, 7) is 3.95. The van der Waals surface area contributed by atoms with E-state index in [4.69, 9.17) is 11.6 Å². The lowest BCUT2D eigenvalue weighted by Gasteiger charge is -2.09. The molecule has 0 fully saturated rings. The summed E-state index contributed by atoms with van der Waals surface area (Å²) in [4.78, 5) is 12.2. The van der Waals surface area contributed by atoms with E-state index in [-0.39, 0.29) is 11.7 Å². The Morgan fingerprint density at radius 3 is 2.72 bits per heavy atom. The van der Waals surface area contributed by atoms with Crippen LogP contribution in [0, 0.1) is 13.8 Å². The first-order valence-electron chi connectivity index (χ1n) is 7.57. The molecule has 8 heteroatoms. The number of amides is 1. The zero-order valence-electron chi connectivity index (χ0n) is 13.7. The molecule has 0 bridgehead atoms. The molecule has 2 aromatic carbocycles. The van der Waals surface area contributed by atoms with Gasteiger partial charge in [0.05, 0.1) is 11.4 Å². The molecule has 3 rings (SSSR count). The molecule has 0 saturated heterocycles. The summed E-state index contributed by atoms with van der Waals surface area (Å²) in [5.41, 5.74) is 3.73. The van der Waals surface area contributed by atoms with Crippen LogP contribution < -0.4 is 5.32 Å². The maximum atomic E-state index is 12.2. The lowest BCUT2D eigenvalue weighted by molar-refractivity contribution is -0.113. The fourth-order valence-corrected chi connectivity index (χ4v) is 3.02. The molecule has 0 aliphatic heterocycles. The van der Waals surface area contributed by atoms with Crippen LogP contribution in [0.15, 0.2) is 47.6 Å². The second-order valence-electron chi connectivity index (χ2n) is 5.50. The largest absolute Gasteiger partial charge is 0.325 e. The number of hydrogen-bond donors (Lipinski definition) is 1. The van der Waals surface area contributed by atoms with Crippen LogP contribution >= 0.6 is 23.4 Å². The molecule has 128 valence electrons. The van der Waals surface area contributed by atoms with Crippen LogP contribution in [-0.2, 0) is 4.79 Å². The Labute approximate surface area is 154 Å². The van der Waals surface area contributed by atoms with Gasteiger partial charge in [-0.1, -0.05) is 35.5 Å². The summed E-state index contributed by atoms with van der Waals surface area (Å²) in [6.07, 6.45) is 0. The van der Waals surface area contributed by atoms with E-state index in [0.717, 1.165) is 22.5 Å². The van der Waals surface area contributed by atoms with Crippen molar-refractivity contribution in [3.05, 3.63) is 58.6 Å². The third-order valence-electron chi connectivity index (χ3n) is 3.51. The number of halogens is 1. The molecule has 0 aliphatic carbocycles. The number of aromatic nitrogens is 4. The van der Waals surface area contributed by atoms with Crippen molar-refractivity contribution in [3.63, 3.8) is 0 Å². The summed E-state index contributed by atoms with van der Waals surface area (Å²) in [5, 5.41) is 15.7. The maximum absolute atomic E-state index is 12.2. The van der Waals surface area contributed by atoms with Crippen molar-refractivity contribution >= 4 is 35.0 Å². The molecule has 1 aromatic heterocycles. The van der Waals surface area contributed by atoms with Crippen LogP contribution in [-0.4, -0.2) is 31.9 Å². The number of thioether (sulfide) groups is 1. The molecule has 0 radical (unpaired) electrons. The van der Waals surface area contributed by atoms with Crippen molar-refractivity contribution in [1.82, 2.24) is 20.2 Å². The van der Waals surface area contributed by atoms with Crippen LogP contribution in [0.2, 0.25) is 5.02 Å². The fourth-order valence-electron chi connectivity index (χ4n) is 2.20. The number of nitrogens with zero attached hydrogens (tertiary/aromatic N) is 4. The number of aryl methyl sites for hydroxylation is 2. The number of anilines is 1. The van der Waals surface area contributed by atoms with E-state index in [0.29, 0.717) is 10.2 Å². The van der Waals surface area contributed by atoms with Gasteiger partial charge in [-0.3, -0.25) is 4.79 Å².